The van der Waals surface area contributed by atoms with E-state index < -0.39 is 18.1 Å². The van der Waals surface area contributed by atoms with Crippen LogP contribution in [0.5, 0.6) is 0 Å². The molecule has 0 bridgehead atoms. The summed E-state index contributed by atoms with van der Waals surface area (Å²) in [6.45, 7) is 8.74. The summed E-state index contributed by atoms with van der Waals surface area (Å²) in [5.74, 6) is 0. The third-order valence-electron chi connectivity index (χ3n) is 1.89. The molecule has 0 spiro atoms. The zero-order valence-electron chi connectivity index (χ0n) is 8.96. The highest BCUT2D eigenvalue weighted by molar-refractivity contribution is 6.56. The second-order valence-electron chi connectivity index (χ2n) is 3.62. The van der Waals surface area contributed by atoms with E-state index in [1.165, 1.54) is 12.1 Å². The van der Waals surface area contributed by atoms with Crippen LogP contribution < -0.4 is 0 Å². The fourth-order valence-electron chi connectivity index (χ4n) is 1.12. The van der Waals surface area contributed by atoms with Gasteiger partial charge in [-0.2, -0.15) is 0 Å². The van der Waals surface area contributed by atoms with Crippen LogP contribution in [0.4, 0.5) is 0 Å². The predicted molar refractivity (Wildman–Crippen MR) is 58.9 cm³/mol. The van der Waals surface area contributed by atoms with Crippen LogP contribution in [-0.4, -0.2) is 31.3 Å². The highest BCUT2D eigenvalue weighted by atomic mass is 28.3. The molecule has 0 aromatic rings. The zero-order valence-corrected chi connectivity index (χ0v) is 11.3. The summed E-state index contributed by atoms with van der Waals surface area (Å²) in [5.41, 5.74) is 0. The molecular formula is C8H22O2Si2. The van der Waals surface area contributed by atoms with Crippen LogP contribution in [0.15, 0.2) is 0 Å². The van der Waals surface area contributed by atoms with Crippen molar-refractivity contribution in [1.29, 1.82) is 0 Å². The van der Waals surface area contributed by atoms with Gasteiger partial charge in [-0.05, 0) is 39.0 Å². The maximum absolute atomic E-state index is 5.75. The minimum absolute atomic E-state index is 0.409. The first kappa shape index (κ1) is 12.4. The molecule has 4 heteroatoms. The molecule has 12 heavy (non-hydrogen) atoms. The molecule has 2 nitrogen and oxygen atoms in total. The van der Waals surface area contributed by atoms with E-state index in [1.54, 1.807) is 0 Å². The summed E-state index contributed by atoms with van der Waals surface area (Å²) in [4.78, 5) is 0. The fraction of sp³-hybridized carbons (Fsp3) is 1.00. The molecule has 2 atom stereocenters. The second-order valence-corrected chi connectivity index (χ2v) is 8.76. The van der Waals surface area contributed by atoms with Crippen molar-refractivity contribution in [3.05, 3.63) is 0 Å². The lowest BCUT2D eigenvalue weighted by Crippen LogP contribution is -2.21. The average Bonchev–Trinajstić information content (AvgIpc) is 1.99. The van der Waals surface area contributed by atoms with Crippen molar-refractivity contribution in [2.45, 2.75) is 45.1 Å². The van der Waals surface area contributed by atoms with Gasteiger partial charge in [0, 0.05) is 13.2 Å². The molecule has 0 aliphatic rings. The van der Waals surface area contributed by atoms with Crippen molar-refractivity contribution < 1.29 is 8.85 Å². The zero-order chi connectivity index (χ0) is 9.56. The van der Waals surface area contributed by atoms with Gasteiger partial charge in [-0.1, -0.05) is 0 Å². The van der Waals surface area contributed by atoms with E-state index in [9.17, 15) is 0 Å². The maximum atomic E-state index is 5.75. The summed E-state index contributed by atoms with van der Waals surface area (Å²) in [5, 5.41) is 0. The first-order valence-electron chi connectivity index (χ1n) is 4.74. The van der Waals surface area contributed by atoms with E-state index in [-0.39, 0.29) is 0 Å². The molecule has 0 fully saturated rings. The van der Waals surface area contributed by atoms with Gasteiger partial charge >= 0.3 is 0 Å². The van der Waals surface area contributed by atoms with Crippen LogP contribution in [0.3, 0.4) is 0 Å². The van der Waals surface area contributed by atoms with E-state index in [0.29, 0.717) is 6.10 Å². The van der Waals surface area contributed by atoms with Crippen LogP contribution in [0.2, 0.25) is 25.2 Å². The van der Waals surface area contributed by atoms with E-state index in [0.717, 1.165) is 0 Å². The van der Waals surface area contributed by atoms with E-state index in [4.69, 9.17) is 8.85 Å². The predicted octanol–water partition coefficient (Wildman–Crippen LogP) is 1.76. The molecule has 0 saturated carbocycles. The molecule has 0 N–H and O–H groups in total. The van der Waals surface area contributed by atoms with Crippen molar-refractivity contribution >= 4 is 18.1 Å². The summed E-state index contributed by atoms with van der Waals surface area (Å²) in [6.07, 6.45) is 0.409. The molecule has 0 aliphatic carbocycles. The van der Waals surface area contributed by atoms with Crippen LogP contribution in [0.25, 0.3) is 0 Å². The van der Waals surface area contributed by atoms with Gasteiger partial charge in [-0.15, -0.1) is 0 Å². The van der Waals surface area contributed by atoms with Crippen molar-refractivity contribution in [2.75, 3.05) is 7.11 Å². The SMILES string of the molecule is CO[SiH](C)CC[SiH](C)OC(C)C. The summed E-state index contributed by atoms with van der Waals surface area (Å²) < 4.78 is 11.1. The molecule has 0 saturated heterocycles. The lowest BCUT2D eigenvalue weighted by Gasteiger charge is -2.15. The number of hydrogen-bond acceptors (Lipinski definition) is 2. The van der Waals surface area contributed by atoms with Crippen LogP contribution in [-0.2, 0) is 8.85 Å². The van der Waals surface area contributed by atoms with Crippen LogP contribution >= 0.6 is 0 Å². The van der Waals surface area contributed by atoms with E-state index in [2.05, 4.69) is 26.9 Å². The lowest BCUT2D eigenvalue weighted by molar-refractivity contribution is 0.244. The van der Waals surface area contributed by atoms with Crippen molar-refractivity contribution in [3.8, 4) is 0 Å². The van der Waals surface area contributed by atoms with Gasteiger partial charge < -0.3 is 8.85 Å². The first-order valence-corrected chi connectivity index (χ1v) is 9.63. The summed E-state index contributed by atoms with van der Waals surface area (Å²) >= 11 is 0. The Balaban J connectivity index is 3.36. The Hall–Kier alpha value is 0.354. The normalized spacial score (nSPS) is 16.5. The topological polar surface area (TPSA) is 18.5 Å². The number of hydrogen-bond donors (Lipinski definition) is 0. The molecule has 0 rings (SSSR count). The molecule has 0 radical (unpaired) electrons. The smallest absolute Gasteiger partial charge is 0.174 e. The Bertz CT molecular complexity index is 109. The maximum Gasteiger partial charge on any atom is 0.174 e. The number of rotatable bonds is 6. The largest absolute Gasteiger partial charge is 0.423 e. The van der Waals surface area contributed by atoms with Crippen LogP contribution in [0.1, 0.15) is 13.8 Å². The van der Waals surface area contributed by atoms with Crippen molar-refractivity contribution in [2.24, 2.45) is 0 Å². The quantitative estimate of drug-likeness (QED) is 0.617. The Morgan fingerprint density at radius 2 is 1.58 bits per heavy atom. The Kier molecular flexibility index (Phi) is 7.03. The fourth-order valence-corrected chi connectivity index (χ4v) is 6.18. The monoisotopic (exact) mass is 206 g/mol. The molecule has 2 unspecified atom stereocenters. The Morgan fingerprint density at radius 1 is 1.08 bits per heavy atom. The molecular weight excluding hydrogens is 184 g/mol. The molecule has 0 amide bonds. The average molecular weight is 206 g/mol. The third kappa shape index (κ3) is 7.03. The summed E-state index contributed by atoms with van der Waals surface area (Å²) in [6, 6.07) is 2.55. The van der Waals surface area contributed by atoms with E-state index in [1.807, 2.05) is 7.11 Å². The van der Waals surface area contributed by atoms with Gasteiger partial charge in [0.05, 0.1) is 0 Å². The first-order chi connectivity index (χ1) is 5.56. The van der Waals surface area contributed by atoms with Crippen LogP contribution in [0, 0.1) is 0 Å². The summed E-state index contributed by atoms with van der Waals surface area (Å²) in [7, 11) is 0.122. The lowest BCUT2D eigenvalue weighted by atomic mass is 10.5. The molecule has 0 heterocycles. The standard InChI is InChI=1S/C8H22O2Si2/c1-8(2)10-12(5)7-6-11(4)9-3/h8,11-12H,6-7H2,1-5H3. The van der Waals surface area contributed by atoms with Gasteiger partial charge in [-0.3, -0.25) is 0 Å². The third-order valence-corrected chi connectivity index (χ3v) is 6.66. The van der Waals surface area contributed by atoms with Gasteiger partial charge in [0.1, 0.15) is 0 Å². The molecule has 0 aromatic heterocycles. The molecule has 0 aliphatic heterocycles. The Labute approximate surface area is 79.7 Å². The van der Waals surface area contributed by atoms with Gasteiger partial charge in [0.2, 0.25) is 0 Å². The highest BCUT2D eigenvalue weighted by Gasteiger charge is 2.10. The Morgan fingerprint density at radius 3 is 2.00 bits per heavy atom. The highest BCUT2D eigenvalue weighted by Crippen LogP contribution is 2.06. The van der Waals surface area contributed by atoms with E-state index >= 15 is 0 Å². The van der Waals surface area contributed by atoms with Gasteiger partial charge in [0.15, 0.2) is 18.1 Å². The minimum Gasteiger partial charge on any atom is -0.423 e. The van der Waals surface area contributed by atoms with Crippen molar-refractivity contribution in [3.63, 3.8) is 0 Å². The van der Waals surface area contributed by atoms with Gasteiger partial charge in [-0.25, -0.2) is 0 Å². The van der Waals surface area contributed by atoms with Gasteiger partial charge in [0.25, 0.3) is 0 Å². The molecule has 0 aromatic carbocycles. The molecule has 74 valence electrons. The van der Waals surface area contributed by atoms with Crippen molar-refractivity contribution in [1.82, 2.24) is 0 Å². The minimum atomic E-state index is -0.875. The second kappa shape index (κ2) is 6.83.